The highest BCUT2D eigenvalue weighted by Gasteiger charge is 2.30. The summed E-state index contributed by atoms with van der Waals surface area (Å²) in [5, 5.41) is -0.296. The molecule has 0 fully saturated rings. The van der Waals surface area contributed by atoms with Crippen LogP contribution in [-0.4, -0.2) is 20.4 Å². The lowest BCUT2D eigenvalue weighted by atomic mass is 9.99. The molecule has 0 spiro atoms. The highest BCUT2D eigenvalue weighted by Crippen LogP contribution is 2.32. The number of primary amides is 1. The zero-order chi connectivity index (χ0) is 15.1. The molecule has 0 aliphatic rings. The lowest BCUT2D eigenvalue weighted by molar-refractivity contribution is -0.119. The molecule has 0 aliphatic heterocycles. The van der Waals surface area contributed by atoms with Crippen molar-refractivity contribution >= 4 is 44.6 Å². The van der Waals surface area contributed by atoms with Crippen LogP contribution in [0.3, 0.4) is 0 Å². The van der Waals surface area contributed by atoms with Crippen molar-refractivity contribution in [3.63, 3.8) is 0 Å². The summed E-state index contributed by atoms with van der Waals surface area (Å²) >= 11 is 9.60. The van der Waals surface area contributed by atoms with E-state index in [1.807, 2.05) is 31.4 Å². The van der Waals surface area contributed by atoms with E-state index in [4.69, 9.17) is 17.3 Å². The first-order chi connectivity index (χ1) is 9.22. The first-order valence-electron chi connectivity index (χ1n) is 6.19. The molecular formula is C13H16BrClN4O. The zero-order valence-corrected chi connectivity index (χ0v) is 13.9. The number of carbonyl (C=O) groups excluding carboxylic acids is 1. The lowest BCUT2D eigenvalue weighted by Crippen LogP contribution is -2.33. The summed E-state index contributed by atoms with van der Waals surface area (Å²) in [4.78, 5) is 20.2. The monoisotopic (exact) mass is 358 g/mol. The minimum absolute atomic E-state index is 0.187. The van der Waals surface area contributed by atoms with E-state index in [-0.39, 0.29) is 17.7 Å². The van der Waals surface area contributed by atoms with Crippen molar-refractivity contribution < 1.29 is 4.79 Å². The molecule has 7 heteroatoms. The predicted molar refractivity (Wildman–Crippen MR) is 82.6 cm³/mol. The van der Waals surface area contributed by atoms with Crippen molar-refractivity contribution in [3.05, 3.63) is 22.6 Å². The number of fused-ring (bicyclic) bond motifs is 1. The number of nitrogens with two attached hydrogens (primary N) is 1. The molecular weight excluding hydrogens is 344 g/mol. The van der Waals surface area contributed by atoms with E-state index < -0.39 is 5.54 Å². The summed E-state index contributed by atoms with van der Waals surface area (Å²) in [6, 6.07) is 1.88. The van der Waals surface area contributed by atoms with Crippen molar-refractivity contribution in [2.75, 3.05) is 0 Å². The van der Waals surface area contributed by atoms with Gasteiger partial charge in [0.2, 0.25) is 5.91 Å². The van der Waals surface area contributed by atoms with Gasteiger partial charge < -0.3 is 10.3 Å². The second-order valence-electron chi connectivity index (χ2n) is 5.37. The third-order valence-corrected chi connectivity index (χ3v) is 3.69. The van der Waals surface area contributed by atoms with E-state index in [2.05, 4.69) is 25.9 Å². The maximum atomic E-state index is 11.3. The topological polar surface area (TPSA) is 73.8 Å². The van der Waals surface area contributed by atoms with Crippen molar-refractivity contribution in [1.82, 2.24) is 14.5 Å². The number of imidazole rings is 1. The van der Waals surface area contributed by atoms with Gasteiger partial charge in [0.15, 0.2) is 5.65 Å². The van der Waals surface area contributed by atoms with Gasteiger partial charge in [0.05, 0.1) is 10.9 Å². The summed E-state index contributed by atoms with van der Waals surface area (Å²) in [6.45, 7) is 5.69. The van der Waals surface area contributed by atoms with Gasteiger partial charge in [-0.2, -0.15) is 0 Å². The number of hydrogen-bond acceptors (Lipinski definition) is 3. The number of halogens is 2. The Balaban J connectivity index is 2.71. The molecule has 0 bridgehead atoms. The van der Waals surface area contributed by atoms with E-state index in [1.165, 1.54) is 0 Å². The molecule has 2 rings (SSSR count). The Morgan fingerprint density at radius 3 is 2.80 bits per heavy atom. The fourth-order valence-corrected chi connectivity index (χ4v) is 2.79. The van der Waals surface area contributed by atoms with E-state index >= 15 is 0 Å². The van der Waals surface area contributed by atoms with Gasteiger partial charge >= 0.3 is 0 Å². The molecule has 0 aliphatic carbocycles. The van der Waals surface area contributed by atoms with Gasteiger partial charge in [-0.05, 0) is 42.8 Å². The van der Waals surface area contributed by atoms with Crippen molar-refractivity contribution in [2.45, 2.75) is 38.1 Å². The standard InChI is InChI=1S/C13H16BrClN4O/c1-7(15)11-18-9-4-8(14)6-17-12(9)19(11)13(2,3)5-10(16)20/h4,6-7H,5H2,1-3H3,(H2,16,20). The fourth-order valence-electron chi connectivity index (χ4n) is 2.33. The maximum absolute atomic E-state index is 11.3. The Morgan fingerprint density at radius 1 is 1.60 bits per heavy atom. The Hall–Kier alpha value is -1.14. The number of rotatable bonds is 4. The van der Waals surface area contributed by atoms with Crippen LogP contribution < -0.4 is 5.73 Å². The zero-order valence-electron chi connectivity index (χ0n) is 11.5. The van der Waals surface area contributed by atoms with Gasteiger partial charge in [-0.3, -0.25) is 4.79 Å². The van der Waals surface area contributed by atoms with Crippen molar-refractivity contribution in [1.29, 1.82) is 0 Å². The number of hydrogen-bond donors (Lipinski definition) is 1. The largest absolute Gasteiger partial charge is 0.370 e. The smallest absolute Gasteiger partial charge is 0.219 e. The fraction of sp³-hybridized carbons (Fsp3) is 0.462. The maximum Gasteiger partial charge on any atom is 0.219 e. The summed E-state index contributed by atoms with van der Waals surface area (Å²) in [7, 11) is 0. The van der Waals surface area contributed by atoms with E-state index in [0.29, 0.717) is 11.5 Å². The molecule has 0 aromatic carbocycles. The summed E-state index contributed by atoms with van der Waals surface area (Å²) in [6.07, 6.45) is 1.89. The molecule has 20 heavy (non-hydrogen) atoms. The highest BCUT2D eigenvalue weighted by molar-refractivity contribution is 9.10. The van der Waals surface area contributed by atoms with Gasteiger partial charge in [-0.25, -0.2) is 9.97 Å². The first kappa shape index (κ1) is 15.3. The minimum Gasteiger partial charge on any atom is -0.370 e. The molecule has 2 N–H and O–H groups in total. The number of amides is 1. The number of pyridine rings is 1. The Labute approximate surface area is 130 Å². The number of alkyl halides is 1. The average Bonchev–Trinajstić information content (AvgIpc) is 2.66. The summed E-state index contributed by atoms with van der Waals surface area (Å²) in [5.74, 6) is 0.306. The van der Waals surface area contributed by atoms with Crippen LogP contribution in [0.15, 0.2) is 16.7 Å². The SMILES string of the molecule is CC(Cl)c1nc2cc(Br)cnc2n1C(C)(C)CC(N)=O. The van der Waals surface area contributed by atoms with E-state index in [9.17, 15) is 4.79 Å². The molecule has 2 heterocycles. The Morgan fingerprint density at radius 2 is 2.25 bits per heavy atom. The van der Waals surface area contributed by atoms with Crippen molar-refractivity contribution in [2.24, 2.45) is 5.73 Å². The van der Waals surface area contributed by atoms with Crippen LogP contribution in [0, 0.1) is 0 Å². The number of carbonyl (C=O) groups is 1. The third kappa shape index (κ3) is 2.81. The first-order valence-corrected chi connectivity index (χ1v) is 7.42. The van der Waals surface area contributed by atoms with E-state index in [0.717, 1.165) is 9.99 Å². The molecule has 0 radical (unpaired) electrons. The van der Waals surface area contributed by atoms with Crippen LogP contribution in [0.4, 0.5) is 0 Å². The van der Waals surface area contributed by atoms with Crippen LogP contribution in [0.5, 0.6) is 0 Å². The molecule has 1 amide bonds. The normalized spacial score (nSPS) is 13.7. The molecule has 1 unspecified atom stereocenters. The second-order valence-corrected chi connectivity index (χ2v) is 6.94. The highest BCUT2D eigenvalue weighted by atomic mass is 79.9. The third-order valence-electron chi connectivity index (χ3n) is 3.06. The van der Waals surface area contributed by atoms with Crippen LogP contribution in [0.25, 0.3) is 11.2 Å². The molecule has 2 aromatic rings. The molecule has 5 nitrogen and oxygen atoms in total. The van der Waals surface area contributed by atoms with Gasteiger partial charge in [-0.1, -0.05) is 0 Å². The molecule has 0 saturated heterocycles. The number of aromatic nitrogens is 3. The van der Waals surface area contributed by atoms with Crippen LogP contribution in [0.1, 0.15) is 38.4 Å². The average molecular weight is 360 g/mol. The molecule has 1 atom stereocenters. The van der Waals surface area contributed by atoms with Crippen LogP contribution in [0.2, 0.25) is 0 Å². The lowest BCUT2D eigenvalue weighted by Gasteiger charge is -2.28. The quantitative estimate of drug-likeness (QED) is 0.852. The minimum atomic E-state index is -0.542. The van der Waals surface area contributed by atoms with Gasteiger partial charge in [0.1, 0.15) is 11.3 Å². The summed E-state index contributed by atoms with van der Waals surface area (Å²) < 4.78 is 2.74. The van der Waals surface area contributed by atoms with Crippen LogP contribution in [-0.2, 0) is 10.3 Å². The molecule has 108 valence electrons. The molecule has 0 saturated carbocycles. The summed E-state index contributed by atoms with van der Waals surface area (Å²) in [5.41, 5.74) is 6.24. The second kappa shape index (κ2) is 5.33. The van der Waals surface area contributed by atoms with Crippen LogP contribution >= 0.6 is 27.5 Å². The van der Waals surface area contributed by atoms with Gasteiger partial charge in [0, 0.05) is 17.1 Å². The van der Waals surface area contributed by atoms with E-state index in [1.54, 1.807) is 6.20 Å². The van der Waals surface area contributed by atoms with Gasteiger partial charge in [-0.15, -0.1) is 11.6 Å². The Bertz CT molecular complexity index is 666. The predicted octanol–water partition coefficient (Wildman–Crippen LogP) is 3.10. The van der Waals surface area contributed by atoms with Gasteiger partial charge in [0.25, 0.3) is 0 Å². The Kier molecular flexibility index (Phi) is 4.07. The number of nitrogens with zero attached hydrogens (tertiary/aromatic N) is 3. The van der Waals surface area contributed by atoms with Crippen molar-refractivity contribution in [3.8, 4) is 0 Å². The molecule has 2 aromatic heterocycles.